The molecule has 0 aliphatic carbocycles. The van der Waals surface area contributed by atoms with Crippen LogP contribution in [0.15, 0.2) is 219 Å². The number of benzene rings is 11. The molecule has 0 aliphatic heterocycles. The Kier molecular flexibility index (Phi) is 29.5. The molecule has 0 fully saturated rings. The molecule has 0 unspecified atom stereocenters. The number of nitrogens with zero attached hydrogens (tertiary/aromatic N) is 2. The molecular weight excluding hydrogens is 1400 g/mol. The molecule has 0 atom stereocenters. The van der Waals surface area contributed by atoms with Gasteiger partial charge < -0.3 is 0 Å². The molecule has 4 nitrogen and oxygen atoms in total. The van der Waals surface area contributed by atoms with Crippen LogP contribution in [0.4, 0.5) is 0 Å². The van der Waals surface area contributed by atoms with Crippen molar-refractivity contribution in [3.05, 3.63) is 379 Å². The number of methoxy groups -OCH3 is 2. The van der Waals surface area contributed by atoms with Crippen molar-refractivity contribution in [1.82, 2.24) is 9.13 Å². The van der Waals surface area contributed by atoms with Crippen molar-refractivity contribution in [2.45, 2.75) is 237 Å². The van der Waals surface area contributed by atoms with E-state index in [0.29, 0.717) is 0 Å². The SMILES string of the molecule is CCc1cc(CC)cc(C(c2cc(CC)cc(CC)c2)c2cc(OC)cc(C(c3cc(CC)cc(CC)c3)c3cc(CC)cc(CC)c3)c2-n2ccn(-c3c(C(c4cc(CC)cc(CC)c4)c4cc(CC)cc(CC)c4)cc(OC)cc3C(c3cc(CC)cc(CC)c3)c3cc(CC)cc(CC)c3)[c]2=[Ni])c1.c1ccccc1. The number of aryl methyl sites for hydroxylation is 16. The number of imidazole rings is 1. The molecule has 5 heteroatoms. The van der Waals surface area contributed by atoms with E-state index in [4.69, 9.17) is 24.5 Å². The molecule has 112 heavy (non-hydrogen) atoms. The van der Waals surface area contributed by atoms with Crippen LogP contribution in [-0.2, 0) is 118 Å². The van der Waals surface area contributed by atoms with Crippen LogP contribution in [0.2, 0.25) is 0 Å². The van der Waals surface area contributed by atoms with E-state index < -0.39 is 0 Å². The smallest absolute Gasteiger partial charge is 0.0623 e. The quantitative estimate of drug-likeness (QED) is 0.0310. The average Bonchev–Trinajstić information content (AvgIpc) is 1.43. The first kappa shape index (κ1) is 83.7. The second kappa shape index (κ2) is 39.5. The van der Waals surface area contributed by atoms with Gasteiger partial charge in [0.1, 0.15) is 0 Å². The molecule has 0 amide bonds. The predicted molar refractivity (Wildman–Crippen MR) is 473 cm³/mol. The largest absolute Gasteiger partial charge is 0.0623 e. The summed E-state index contributed by atoms with van der Waals surface area (Å²) in [5, 5.41) is 0. The Bertz CT molecular complexity index is 4230. The zero-order valence-electron chi connectivity index (χ0n) is 70.9. The van der Waals surface area contributed by atoms with Crippen LogP contribution in [0.5, 0.6) is 11.5 Å². The van der Waals surface area contributed by atoms with E-state index in [1.54, 1.807) is 0 Å². The van der Waals surface area contributed by atoms with Gasteiger partial charge in [0, 0.05) is 0 Å². The number of ether oxygens (including phenoxy) is 2. The third kappa shape index (κ3) is 19.0. The van der Waals surface area contributed by atoms with Gasteiger partial charge in [-0.25, -0.2) is 0 Å². The number of aromatic nitrogens is 2. The van der Waals surface area contributed by atoms with Gasteiger partial charge in [-0.15, -0.1) is 0 Å². The molecule has 1 heterocycles. The van der Waals surface area contributed by atoms with Gasteiger partial charge in [-0.3, -0.25) is 0 Å². The first-order valence-corrected chi connectivity index (χ1v) is 43.2. The Morgan fingerprint density at radius 2 is 0.348 bits per heavy atom. The van der Waals surface area contributed by atoms with Crippen LogP contribution in [0, 0.1) is 4.40 Å². The third-order valence-corrected chi connectivity index (χ3v) is 24.2. The molecular formula is C107H126N2NiO2. The number of hydrogen-bond donors (Lipinski definition) is 0. The predicted octanol–water partition coefficient (Wildman–Crippen LogP) is 26.8. The van der Waals surface area contributed by atoms with Crippen LogP contribution in [0.25, 0.3) is 11.4 Å². The van der Waals surface area contributed by atoms with Crippen molar-refractivity contribution in [2.75, 3.05) is 14.2 Å². The molecule has 0 saturated carbocycles. The van der Waals surface area contributed by atoms with Crippen LogP contribution >= 0.6 is 0 Å². The van der Waals surface area contributed by atoms with E-state index in [1.807, 2.05) is 50.6 Å². The number of rotatable bonds is 32. The van der Waals surface area contributed by atoms with Crippen molar-refractivity contribution in [3.8, 4) is 22.9 Å². The monoisotopic (exact) mass is 1530 g/mol. The van der Waals surface area contributed by atoms with Gasteiger partial charge in [0.05, 0.1) is 0 Å². The topological polar surface area (TPSA) is 28.3 Å². The average molecular weight is 1530 g/mol. The zero-order valence-corrected chi connectivity index (χ0v) is 71.9. The Hall–Kier alpha value is -9.28. The first-order chi connectivity index (χ1) is 54.5. The summed E-state index contributed by atoms with van der Waals surface area (Å²) in [5.41, 5.74) is 38.3. The van der Waals surface area contributed by atoms with E-state index in [0.717, 1.165) is 152 Å². The van der Waals surface area contributed by atoms with Gasteiger partial charge in [0.25, 0.3) is 0 Å². The van der Waals surface area contributed by atoms with Gasteiger partial charge in [0.2, 0.25) is 0 Å². The van der Waals surface area contributed by atoms with E-state index in [2.05, 4.69) is 302 Å². The maximum atomic E-state index is 7.20. The van der Waals surface area contributed by atoms with Crippen molar-refractivity contribution in [1.29, 1.82) is 0 Å². The minimum absolute atomic E-state index is 0.245. The Labute approximate surface area is 682 Å². The molecule has 0 saturated heterocycles. The van der Waals surface area contributed by atoms with E-state index in [9.17, 15) is 0 Å². The third-order valence-electron chi connectivity index (χ3n) is 23.7. The maximum Gasteiger partial charge on any atom is -0.0623 e. The summed E-state index contributed by atoms with van der Waals surface area (Å²) in [7, 11) is 3.74. The second-order valence-electron chi connectivity index (χ2n) is 30.8. The minimum Gasteiger partial charge on any atom is -0.0623 e. The van der Waals surface area contributed by atoms with Gasteiger partial charge in [0.15, 0.2) is 0 Å². The van der Waals surface area contributed by atoms with Gasteiger partial charge in [-0.05, 0) is 0 Å². The van der Waals surface area contributed by atoms with Crippen LogP contribution in [-0.4, -0.2) is 23.4 Å². The molecule has 0 aliphatic rings. The summed E-state index contributed by atoms with van der Waals surface area (Å²) in [6.45, 7) is 36.9. The van der Waals surface area contributed by atoms with Crippen LogP contribution in [0.1, 0.15) is 290 Å². The number of hydrogen-bond acceptors (Lipinski definition) is 2. The standard InChI is InChI=1S/C101H120N2O2.C6H6.Ni/c1-19-66-37-67(20-2)46-82(45-66)96(83-47-68(21-3)38-69(22-4)48-83)92-61-90(104-17)62-93(97(84-49-70(23-5)39-71(24-6)50-84)85-51-72(25-7)40-73(26-8)52-85)100(92)102-35-36-103(65-102)101-94(98(86-53-74(27-9)41-75(28-10)54-86)87-55-76(29-11)42-77(30-12)56-87)63-91(105-18)64-95(101)99(88-57-78(31-13)43-79(32-14)58-88)89-59-80(33-15)44-81(34-16)60-89;1-2-4-6-5-3-1;/h35-64,96-99H,19-34H2,1-18H3;1-6H;. The maximum absolute atomic E-state index is 7.20. The summed E-state index contributed by atoms with van der Waals surface area (Å²) in [6, 6.07) is 81.2. The molecule has 0 bridgehead atoms. The summed E-state index contributed by atoms with van der Waals surface area (Å²) >= 11 is 7.20. The fourth-order valence-corrected chi connectivity index (χ4v) is 17.5. The van der Waals surface area contributed by atoms with E-state index in [1.165, 1.54) is 134 Å². The Morgan fingerprint density at radius 1 is 0.214 bits per heavy atom. The first-order valence-electron chi connectivity index (χ1n) is 42.7. The molecule has 12 aromatic rings. The summed E-state index contributed by atoms with van der Waals surface area (Å²) in [6.07, 6.45) is 19.4. The molecule has 0 N–H and O–H groups in total. The van der Waals surface area contributed by atoms with Crippen molar-refractivity contribution < 1.29 is 24.5 Å². The van der Waals surface area contributed by atoms with E-state index >= 15 is 0 Å². The molecule has 12 rings (SSSR count). The second-order valence-corrected chi connectivity index (χ2v) is 31.2. The van der Waals surface area contributed by atoms with E-state index in [-0.39, 0.29) is 23.7 Å². The molecule has 0 spiro atoms. The van der Waals surface area contributed by atoms with Gasteiger partial charge in [-0.1, -0.05) is 36.4 Å². The fourth-order valence-electron chi connectivity index (χ4n) is 17.2. The summed E-state index contributed by atoms with van der Waals surface area (Å²) in [4.78, 5) is 0. The summed E-state index contributed by atoms with van der Waals surface area (Å²) in [5.74, 6) is 0.660. The van der Waals surface area contributed by atoms with Crippen molar-refractivity contribution in [2.24, 2.45) is 0 Å². The van der Waals surface area contributed by atoms with Crippen molar-refractivity contribution >= 4 is 0 Å². The molecule has 0 radical (unpaired) electrons. The molecule has 11 aromatic carbocycles. The Balaban J connectivity index is 0.00000197. The van der Waals surface area contributed by atoms with Crippen LogP contribution in [0.3, 0.4) is 0 Å². The zero-order chi connectivity index (χ0) is 79.7. The summed E-state index contributed by atoms with van der Waals surface area (Å²) < 4.78 is 19.4. The van der Waals surface area contributed by atoms with Gasteiger partial charge >= 0.3 is 650 Å². The van der Waals surface area contributed by atoms with Gasteiger partial charge in [-0.2, -0.15) is 0 Å². The Morgan fingerprint density at radius 3 is 0.464 bits per heavy atom. The minimum atomic E-state index is -0.245. The van der Waals surface area contributed by atoms with Crippen LogP contribution < -0.4 is 9.47 Å². The molecule has 1 aromatic heterocycles. The fraction of sp³-hybridized carbons (Fsp3) is 0.355. The normalized spacial score (nSPS) is 11.5. The molecule has 586 valence electrons. The van der Waals surface area contributed by atoms with Crippen molar-refractivity contribution in [3.63, 3.8) is 0 Å².